The Balaban J connectivity index is 2.56. The van der Waals surface area contributed by atoms with Crippen molar-refractivity contribution in [3.05, 3.63) is 35.9 Å². The maximum atomic E-state index is 4.39. The van der Waals surface area contributed by atoms with Gasteiger partial charge in [-0.3, -0.25) is 4.99 Å². The van der Waals surface area contributed by atoms with Crippen molar-refractivity contribution >= 4 is 5.96 Å². The first-order valence-electron chi connectivity index (χ1n) is 8.20. The van der Waals surface area contributed by atoms with Crippen LogP contribution in [-0.4, -0.2) is 63.1 Å². The summed E-state index contributed by atoms with van der Waals surface area (Å²) in [5.74, 6) is 0.980. The van der Waals surface area contributed by atoms with Gasteiger partial charge in [-0.05, 0) is 32.5 Å². The Morgan fingerprint density at radius 1 is 1.18 bits per heavy atom. The molecular weight excluding hydrogens is 272 g/mol. The zero-order chi connectivity index (χ0) is 16.4. The Hall–Kier alpha value is -1.55. The van der Waals surface area contributed by atoms with E-state index in [2.05, 4.69) is 78.5 Å². The molecule has 0 spiro atoms. The van der Waals surface area contributed by atoms with Gasteiger partial charge in [0.25, 0.3) is 0 Å². The molecule has 0 aliphatic rings. The maximum absolute atomic E-state index is 4.39. The fraction of sp³-hybridized carbons (Fsp3) is 0.611. The summed E-state index contributed by atoms with van der Waals surface area (Å²) in [5.41, 5.74) is 1.37. The maximum Gasteiger partial charge on any atom is 0.193 e. The van der Waals surface area contributed by atoms with Crippen molar-refractivity contribution in [3.63, 3.8) is 0 Å². The summed E-state index contributed by atoms with van der Waals surface area (Å²) in [6.45, 7) is 4.15. The number of guanidine groups is 1. The molecule has 0 aromatic heterocycles. The highest BCUT2D eigenvalue weighted by Crippen LogP contribution is 2.06. The average Bonchev–Trinajstić information content (AvgIpc) is 2.53. The van der Waals surface area contributed by atoms with Crippen molar-refractivity contribution in [1.82, 2.24) is 15.1 Å². The van der Waals surface area contributed by atoms with Crippen LogP contribution in [-0.2, 0) is 6.42 Å². The van der Waals surface area contributed by atoms with E-state index in [9.17, 15) is 0 Å². The molecule has 0 saturated heterocycles. The van der Waals surface area contributed by atoms with E-state index in [-0.39, 0.29) is 0 Å². The topological polar surface area (TPSA) is 30.9 Å². The molecule has 1 N–H and O–H groups in total. The molecule has 4 heteroatoms. The van der Waals surface area contributed by atoms with E-state index in [1.165, 1.54) is 18.4 Å². The minimum Gasteiger partial charge on any atom is -0.355 e. The number of benzene rings is 1. The number of nitrogens with one attached hydrogen (secondary N) is 1. The average molecular weight is 304 g/mol. The summed E-state index contributed by atoms with van der Waals surface area (Å²) in [6.07, 6.45) is 3.44. The highest BCUT2D eigenvalue weighted by molar-refractivity contribution is 5.79. The van der Waals surface area contributed by atoms with E-state index in [0.29, 0.717) is 6.04 Å². The Labute approximate surface area is 136 Å². The first kappa shape index (κ1) is 18.5. The summed E-state index contributed by atoms with van der Waals surface area (Å²) in [4.78, 5) is 8.88. The van der Waals surface area contributed by atoms with E-state index >= 15 is 0 Å². The lowest BCUT2D eigenvalue weighted by atomic mass is 10.1. The van der Waals surface area contributed by atoms with Crippen LogP contribution < -0.4 is 5.32 Å². The van der Waals surface area contributed by atoms with Crippen molar-refractivity contribution in [2.75, 3.05) is 41.3 Å². The number of likely N-dealkylation sites (N-methyl/N-ethyl adjacent to an activating group) is 1. The number of hydrogen-bond donors (Lipinski definition) is 1. The standard InChI is InChI=1S/C18H32N4/c1-6-7-13-22(5)18(19-2)20-15-17(21(3)4)14-16-11-9-8-10-12-16/h8-12,17H,6-7,13-15H2,1-5H3,(H,19,20). The van der Waals surface area contributed by atoms with E-state index in [4.69, 9.17) is 0 Å². The molecule has 1 unspecified atom stereocenters. The number of rotatable bonds is 8. The van der Waals surface area contributed by atoms with E-state index < -0.39 is 0 Å². The normalized spacial score (nSPS) is 13.3. The molecule has 0 fully saturated rings. The van der Waals surface area contributed by atoms with Crippen LogP contribution in [0, 0.1) is 0 Å². The van der Waals surface area contributed by atoms with Crippen LogP contribution in [0.2, 0.25) is 0 Å². The molecule has 124 valence electrons. The van der Waals surface area contributed by atoms with Crippen molar-refractivity contribution < 1.29 is 0 Å². The van der Waals surface area contributed by atoms with Gasteiger partial charge in [-0.25, -0.2) is 0 Å². The van der Waals surface area contributed by atoms with Gasteiger partial charge >= 0.3 is 0 Å². The second kappa shape index (κ2) is 10.2. The van der Waals surface area contributed by atoms with Gasteiger partial charge in [-0.15, -0.1) is 0 Å². The molecule has 0 saturated carbocycles. The third-order valence-corrected chi connectivity index (χ3v) is 3.96. The van der Waals surface area contributed by atoms with Gasteiger partial charge in [0.2, 0.25) is 0 Å². The van der Waals surface area contributed by atoms with Crippen LogP contribution >= 0.6 is 0 Å². The van der Waals surface area contributed by atoms with Crippen molar-refractivity contribution in [2.24, 2.45) is 4.99 Å². The quantitative estimate of drug-likeness (QED) is 0.591. The molecule has 0 aliphatic heterocycles. The molecular formula is C18H32N4. The minimum absolute atomic E-state index is 0.443. The first-order chi connectivity index (χ1) is 10.6. The van der Waals surface area contributed by atoms with Gasteiger partial charge in [0, 0.05) is 33.2 Å². The Kier molecular flexibility index (Phi) is 8.60. The fourth-order valence-electron chi connectivity index (χ4n) is 2.42. The molecule has 1 aromatic carbocycles. The Bertz CT molecular complexity index is 428. The van der Waals surface area contributed by atoms with Gasteiger partial charge in [0.15, 0.2) is 5.96 Å². The predicted molar refractivity (Wildman–Crippen MR) is 96.5 cm³/mol. The highest BCUT2D eigenvalue weighted by Gasteiger charge is 2.14. The first-order valence-corrected chi connectivity index (χ1v) is 8.20. The lowest BCUT2D eigenvalue weighted by molar-refractivity contribution is 0.288. The molecule has 4 nitrogen and oxygen atoms in total. The third-order valence-electron chi connectivity index (χ3n) is 3.96. The van der Waals surface area contributed by atoms with Gasteiger partial charge in [-0.1, -0.05) is 43.7 Å². The van der Waals surface area contributed by atoms with Crippen molar-refractivity contribution in [1.29, 1.82) is 0 Å². The second-order valence-corrected chi connectivity index (χ2v) is 6.01. The summed E-state index contributed by atoms with van der Waals surface area (Å²) < 4.78 is 0. The van der Waals surface area contributed by atoms with Gasteiger partial charge in [-0.2, -0.15) is 0 Å². The van der Waals surface area contributed by atoms with Gasteiger partial charge < -0.3 is 15.1 Å². The van der Waals surface area contributed by atoms with Crippen molar-refractivity contribution in [2.45, 2.75) is 32.2 Å². The number of hydrogen-bond acceptors (Lipinski definition) is 2. The molecule has 0 bridgehead atoms. The number of unbranched alkanes of at least 4 members (excludes halogenated alkanes) is 1. The molecule has 0 amide bonds. The SMILES string of the molecule is CCCCN(C)C(=NC)NCC(Cc1ccccc1)N(C)C. The van der Waals surface area contributed by atoms with E-state index in [1.807, 2.05) is 7.05 Å². The minimum atomic E-state index is 0.443. The zero-order valence-electron chi connectivity index (χ0n) is 14.8. The van der Waals surface area contributed by atoms with Crippen LogP contribution in [0.4, 0.5) is 0 Å². The summed E-state index contributed by atoms with van der Waals surface area (Å²) in [5, 5.41) is 3.51. The monoisotopic (exact) mass is 304 g/mol. The third kappa shape index (κ3) is 6.48. The highest BCUT2D eigenvalue weighted by atomic mass is 15.3. The molecule has 0 radical (unpaired) electrons. The second-order valence-electron chi connectivity index (χ2n) is 6.01. The smallest absolute Gasteiger partial charge is 0.193 e. The summed E-state index contributed by atoms with van der Waals surface area (Å²) in [7, 11) is 8.23. The lowest BCUT2D eigenvalue weighted by Crippen LogP contribution is -2.46. The van der Waals surface area contributed by atoms with Crippen LogP contribution in [0.3, 0.4) is 0 Å². The molecule has 0 heterocycles. The fourth-order valence-corrected chi connectivity index (χ4v) is 2.42. The molecule has 1 atom stereocenters. The lowest BCUT2D eigenvalue weighted by Gasteiger charge is -2.28. The van der Waals surface area contributed by atoms with Crippen LogP contribution in [0.1, 0.15) is 25.3 Å². The van der Waals surface area contributed by atoms with Crippen LogP contribution in [0.5, 0.6) is 0 Å². The zero-order valence-corrected chi connectivity index (χ0v) is 14.8. The van der Waals surface area contributed by atoms with Crippen LogP contribution in [0.15, 0.2) is 35.3 Å². The number of aliphatic imine (C=N–C) groups is 1. The molecule has 1 aromatic rings. The Morgan fingerprint density at radius 2 is 1.86 bits per heavy atom. The number of nitrogens with zero attached hydrogens (tertiary/aromatic N) is 3. The van der Waals surface area contributed by atoms with Gasteiger partial charge in [0.1, 0.15) is 0 Å². The predicted octanol–water partition coefficient (Wildman–Crippen LogP) is 2.47. The molecule has 1 rings (SSSR count). The molecule has 22 heavy (non-hydrogen) atoms. The molecule has 0 aliphatic carbocycles. The van der Waals surface area contributed by atoms with Crippen LogP contribution in [0.25, 0.3) is 0 Å². The summed E-state index contributed by atoms with van der Waals surface area (Å²) in [6, 6.07) is 11.1. The Morgan fingerprint density at radius 3 is 2.41 bits per heavy atom. The summed E-state index contributed by atoms with van der Waals surface area (Å²) >= 11 is 0. The van der Waals surface area contributed by atoms with E-state index in [0.717, 1.165) is 25.5 Å². The van der Waals surface area contributed by atoms with Gasteiger partial charge in [0.05, 0.1) is 0 Å². The largest absolute Gasteiger partial charge is 0.355 e. The van der Waals surface area contributed by atoms with Crippen molar-refractivity contribution in [3.8, 4) is 0 Å². The van der Waals surface area contributed by atoms with E-state index in [1.54, 1.807) is 0 Å².